The number of hydrogen-bond acceptors (Lipinski definition) is 4. The quantitative estimate of drug-likeness (QED) is 0.897. The van der Waals surface area contributed by atoms with Gasteiger partial charge in [-0.15, -0.1) is 0 Å². The summed E-state index contributed by atoms with van der Waals surface area (Å²) in [7, 11) is 0. The van der Waals surface area contributed by atoms with Crippen molar-refractivity contribution in [3.63, 3.8) is 0 Å². The van der Waals surface area contributed by atoms with E-state index in [9.17, 15) is 9.59 Å². The second kappa shape index (κ2) is 8.56. The third-order valence-corrected chi connectivity index (χ3v) is 4.89. The largest absolute Gasteiger partial charge is 0.349 e. The molecule has 3 rings (SSSR count). The van der Waals surface area contributed by atoms with Gasteiger partial charge in [-0.1, -0.05) is 13.0 Å². The van der Waals surface area contributed by atoms with Crippen molar-refractivity contribution in [2.45, 2.75) is 32.2 Å². The molecule has 6 heteroatoms. The fourth-order valence-corrected chi connectivity index (χ4v) is 3.31. The van der Waals surface area contributed by atoms with Crippen molar-refractivity contribution in [2.75, 3.05) is 13.1 Å². The Morgan fingerprint density at radius 1 is 1.15 bits per heavy atom. The van der Waals surface area contributed by atoms with E-state index >= 15 is 0 Å². The maximum atomic E-state index is 12.6. The molecule has 136 valence electrons. The van der Waals surface area contributed by atoms with Gasteiger partial charge in [0, 0.05) is 49.4 Å². The van der Waals surface area contributed by atoms with Gasteiger partial charge in [-0.3, -0.25) is 19.6 Å². The highest BCUT2D eigenvalue weighted by atomic mass is 16.2. The van der Waals surface area contributed by atoms with Crippen LogP contribution in [0.4, 0.5) is 0 Å². The number of carbonyl (C=O) groups is 2. The van der Waals surface area contributed by atoms with E-state index in [1.165, 1.54) is 0 Å². The number of carbonyl (C=O) groups excluding carboxylic acids is 2. The molecular formula is C20H24N4O2. The van der Waals surface area contributed by atoms with Crippen LogP contribution >= 0.6 is 0 Å². The lowest BCUT2D eigenvalue weighted by molar-refractivity contribution is -0.127. The number of piperidine rings is 1. The molecule has 0 aliphatic carbocycles. The van der Waals surface area contributed by atoms with Gasteiger partial charge < -0.3 is 10.2 Å². The maximum absolute atomic E-state index is 12.6. The van der Waals surface area contributed by atoms with E-state index in [0.717, 1.165) is 12.0 Å². The number of likely N-dealkylation sites (tertiary alicyclic amines) is 1. The highest BCUT2D eigenvalue weighted by Gasteiger charge is 2.28. The van der Waals surface area contributed by atoms with Crippen molar-refractivity contribution in [3.8, 4) is 0 Å². The molecule has 0 aromatic carbocycles. The molecule has 0 radical (unpaired) electrons. The number of amides is 2. The molecule has 2 aromatic rings. The minimum Gasteiger partial charge on any atom is -0.349 e. The fourth-order valence-electron chi connectivity index (χ4n) is 3.31. The first kappa shape index (κ1) is 18.0. The fraction of sp³-hybridized carbons (Fsp3) is 0.400. The minimum atomic E-state index is -0.0535. The van der Waals surface area contributed by atoms with E-state index < -0.39 is 0 Å². The number of rotatable bonds is 5. The van der Waals surface area contributed by atoms with E-state index in [4.69, 9.17) is 0 Å². The smallest absolute Gasteiger partial charge is 0.253 e. The van der Waals surface area contributed by atoms with E-state index in [2.05, 4.69) is 15.3 Å². The molecule has 1 aliphatic rings. The first-order valence-electron chi connectivity index (χ1n) is 9.08. The summed E-state index contributed by atoms with van der Waals surface area (Å²) < 4.78 is 0. The molecule has 1 fully saturated rings. The van der Waals surface area contributed by atoms with E-state index in [1.807, 2.05) is 24.0 Å². The molecule has 1 aliphatic heterocycles. The Bertz CT molecular complexity index is 728. The van der Waals surface area contributed by atoms with Crippen LogP contribution in [-0.4, -0.2) is 39.8 Å². The third kappa shape index (κ3) is 4.25. The normalized spacial score (nSPS) is 16.1. The molecule has 1 N–H and O–H groups in total. The van der Waals surface area contributed by atoms with Gasteiger partial charge in [0.05, 0.1) is 6.04 Å². The summed E-state index contributed by atoms with van der Waals surface area (Å²) >= 11 is 0. The van der Waals surface area contributed by atoms with E-state index in [0.29, 0.717) is 31.5 Å². The Morgan fingerprint density at radius 2 is 1.88 bits per heavy atom. The summed E-state index contributed by atoms with van der Waals surface area (Å²) in [6, 6.07) is 7.29. The lowest BCUT2D eigenvalue weighted by Crippen LogP contribution is -2.43. The number of hydrogen-bond donors (Lipinski definition) is 1. The molecule has 1 unspecified atom stereocenters. The standard InChI is InChI=1S/C20H24N4O2/c1-2-18(17-4-3-9-22-14-17)23-19(25)15-7-12-24(13-8-15)20(26)16-5-10-21-11-6-16/h3-6,9-11,14-15,18H,2,7-8,12-13H2,1H3,(H,23,25). The van der Waals surface area contributed by atoms with Gasteiger partial charge in [0.15, 0.2) is 0 Å². The van der Waals surface area contributed by atoms with Crippen LogP contribution in [0.25, 0.3) is 0 Å². The molecule has 1 atom stereocenters. The highest BCUT2D eigenvalue weighted by Crippen LogP contribution is 2.22. The zero-order valence-electron chi connectivity index (χ0n) is 15.0. The Morgan fingerprint density at radius 3 is 2.50 bits per heavy atom. The molecule has 2 aromatic heterocycles. The van der Waals surface area contributed by atoms with E-state index in [1.54, 1.807) is 36.9 Å². The zero-order chi connectivity index (χ0) is 18.4. The molecule has 2 amide bonds. The second-order valence-electron chi connectivity index (χ2n) is 6.56. The van der Waals surface area contributed by atoms with Gasteiger partial charge in [-0.05, 0) is 43.0 Å². The van der Waals surface area contributed by atoms with Crippen molar-refractivity contribution in [2.24, 2.45) is 5.92 Å². The Labute approximate surface area is 153 Å². The average molecular weight is 352 g/mol. The molecule has 0 spiro atoms. The molecule has 26 heavy (non-hydrogen) atoms. The molecule has 0 bridgehead atoms. The monoisotopic (exact) mass is 352 g/mol. The number of aromatic nitrogens is 2. The summed E-state index contributed by atoms with van der Waals surface area (Å²) in [5.41, 5.74) is 1.67. The van der Waals surface area contributed by atoms with Gasteiger partial charge in [0.25, 0.3) is 5.91 Å². The van der Waals surface area contributed by atoms with Crippen molar-refractivity contribution < 1.29 is 9.59 Å². The van der Waals surface area contributed by atoms with Gasteiger partial charge in [-0.2, -0.15) is 0 Å². The van der Waals surface area contributed by atoms with E-state index in [-0.39, 0.29) is 23.8 Å². The van der Waals surface area contributed by atoms with Crippen LogP contribution in [0.3, 0.4) is 0 Å². The zero-order valence-corrected chi connectivity index (χ0v) is 15.0. The molecule has 1 saturated heterocycles. The maximum Gasteiger partial charge on any atom is 0.253 e. The number of pyridine rings is 2. The summed E-state index contributed by atoms with van der Waals surface area (Å²) in [4.78, 5) is 35.0. The number of nitrogens with one attached hydrogen (secondary N) is 1. The summed E-state index contributed by atoms with van der Waals surface area (Å²) in [5.74, 6) is 0.0203. The lowest BCUT2D eigenvalue weighted by atomic mass is 9.94. The molecule has 0 saturated carbocycles. The number of nitrogens with zero attached hydrogens (tertiary/aromatic N) is 3. The van der Waals surface area contributed by atoms with Crippen LogP contribution in [0.1, 0.15) is 48.1 Å². The first-order valence-corrected chi connectivity index (χ1v) is 9.08. The van der Waals surface area contributed by atoms with Crippen molar-refractivity contribution >= 4 is 11.8 Å². The van der Waals surface area contributed by atoms with Crippen molar-refractivity contribution in [1.29, 1.82) is 0 Å². The van der Waals surface area contributed by atoms with Crippen LogP contribution in [0.2, 0.25) is 0 Å². The Hall–Kier alpha value is -2.76. The van der Waals surface area contributed by atoms with Crippen LogP contribution in [0.15, 0.2) is 49.1 Å². The second-order valence-corrected chi connectivity index (χ2v) is 6.56. The lowest BCUT2D eigenvalue weighted by Gasteiger charge is -2.32. The Balaban J connectivity index is 1.54. The van der Waals surface area contributed by atoms with Crippen LogP contribution < -0.4 is 5.32 Å². The molecular weight excluding hydrogens is 328 g/mol. The first-order chi connectivity index (χ1) is 12.7. The van der Waals surface area contributed by atoms with Gasteiger partial charge in [0.1, 0.15) is 0 Å². The van der Waals surface area contributed by atoms with Gasteiger partial charge in [-0.25, -0.2) is 0 Å². The molecule has 6 nitrogen and oxygen atoms in total. The third-order valence-electron chi connectivity index (χ3n) is 4.89. The highest BCUT2D eigenvalue weighted by molar-refractivity contribution is 5.94. The summed E-state index contributed by atoms with van der Waals surface area (Å²) in [5, 5.41) is 3.14. The summed E-state index contributed by atoms with van der Waals surface area (Å²) in [6.07, 6.45) is 8.96. The van der Waals surface area contributed by atoms with Gasteiger partial charge >= 0.3 is 0 Å². The predicted molar refractivity (Wildman–Crippen MR) is 98.3 cm³/mol. The van der Waals surface area contributed by atoms with Crippen LogP contribution in [0, 0.1) is 5.92 Å². The van der Waals surface area contributed by atoms with Crippen molar-refractivity contribution in [3.05, 3.63) is 60.2 Å². The van der Waals surface area contributed by atoms with Crippen molar-refractivity contribution in [1.82, 2.24) is 20.2 Å². The topological polar surface area (TPSA) is 75.2 Å². The Kier molecular flexibility index (Phi) is 5.94. The van der Waals surface area contributed by atoms with Gasteiger partial charge in [0.2, 0.25) is 5.91 Å². The minimum absolute atomic E-state index is 0.00746. The van der Waals surface area contributed by atoms with Crippen LogP contribution in [0.5, 0.6) is 0 Å². The van der Waals surface area contributed by atoms with Crippen LogP contribution in [-0.2, 0) is 4.79 Å². The SMILES string of the molecule is CCC(NC(=O)C1CCN(C(=O)c2ccncc2)CC1)c1cccnc1. The predicted octanol–water partition coefficient (Wildman–Crippen LogP) is 2.60. The average Bonchev–Trinajstić information content (AvgIpc) is 2.72. The molecule has 3 heterocycles. The summed E-state index contributed by atoms with van der Waals surface area (Å²) in [6.45, 7) is 3.25.